The van der Waals surface area contributed by atoms with Gasteiger partial charge in [-0.1, -0.05) is 84.4 Å². The fourth-order valence-corrected chi connectivity index (χ4v) is 5.71. The van der Waals surface area contributed by atoms with Crippen LogP contribution in [0.2, 0.25) is 0 Å². The molecule has 1 aliphatic heterocycles. The van der Waals surface area contributed by atoms with Gasteiger partial charge in [-0.05, 0) is 52.6 Å². The zero-order valence-electron chi connectivity index (χ0n) is 17.3. The van der Waals surface area contributed by atoms with Crippen molar-refractivity contribution in [2.75, 3.05) is 0 Å². The summed E-state index contributed by atoms with van der Waals surface area (Å²) in [5.74, 6) is 0. The summed E-state index contributed by atoms with van der Waals surface area (Å²) in [7, 11) is -3.68. The van der Waals surface area contributed by atoms with Gasteiger partial charge in [0.25, 0.3) is 10.0 Å². The van der Waals surface area contributed by atoms with E-state index in [2.05, 4.69) is 30.3 Å². The molecule has 0 aromatic heterocycles. The highest BCUT2D eigenvalue weighted by atomic mass is 32.2. The van der Waals surface area contributed by atoms with Crippen LogP contribution in [-0.2, 0) is 10.0 Å². The first-order chi connectivity index (χ1) is 15.0. The van der Waals surface area contributed by atoms with Crippen molar-refractivity contribution in [3.8, 4) is 0 Å². The second-order valence-electron chi connectivity index (χ2n) is 7.99. The van der Waals surface area contributed by atoms with E-state index in [0.717, 1.165) is 27.6 Å². The molecule has 1 aliphatic rings. The molecule has 31 heavy (non-hydrogen) atoms. The molecule has 0 aliphatic carbocycles. The Morgan fingerprint density at radius 2 is 1.45 bits per heavy atom. The second-order valence-corrected chi connectivity index (χ2v) is 9.84. The molecule has 0 saturated heterocycles. The summed E-state index contributed by atoms with van der Waals surface area (Å²) in [6.45, 7) is 1.96. The van der Waals surface area contributed by atoms with E-state index in [0.29, 0.717) is 11.3 Å². The predicted octanol–water partition coefficient (Wildman–Crippen LogP) is 6.33. The number of hydrogen-bond acceptors (Lipinski definition) is 2. The van der Waals surface area contributed by atoms with Gasteiger partial charge >= 0.3 is 0 Å². The first-order valence-electron chi connectivity index (χ1n) is 10.4. The lowest BCUT2D eigenvalue weighted by Gasteiger charge is -2.25. The van der Waals surface area contributed by atoms with Gasteiger partial charge in [0.2, 0.25) is 0 Å². The summed E-state index contributed by atoms with van der Waals surface area (Å²) in [5.41, 5.74) is 4.11. The molecule has 1 atom stereocenters. The summed E-state index contributed by atoms with van der Waals surface area (Å²) in [6.07, 6.45) is 2.45. The normalized spacial score (nSPS) is 16.5. The first kappa shape index (κ1) is 19.6. The van der Waals surface area contributed by atoms with Crippen LogP contribution in [0.5, 0.6) is 0 Å². The zero-order chi connectivity index (χ0) is 21.4. The van der Waals surface area contributed by atoms with Gasteiger partial charge in [0.15, 0.2) is 0 Å². The maximum atomic E-state index is 13.6. The lowest BCUT2D eigenvalue weighted by Crippen LogP contribution is -2.27. The summed E-state index contributed by atoms with van der Waals surface area (Å²) >= 11 is 0. The number of aryl methyl sites for hydroxylation is 1. The first-order valence-corrected chi connectivity index (χ1v) is 11.8. The molecule has 4 aromatic rings. The van der Waals surface area contributed by atoms with Crippen molar-refractivity contribution in [1.82, 2.24) is 4.31 Å². The van der Waals surface area contributed by atoms with E-state index in [1.165, 1.54) is 9.69 Å². The average Bonchev–Trinajstić information content (AvgIpc) is 3.26. The smallest absolute Gasteiger partial charge is 0.264 e. The average molecular weight is 426 g/mol. The third-order valence-electron chi connectivity index (χ3n) is 5.90. The van der Waals surface area contributed by atoms with Crippen LogP contribution in [0.1, 0.15) is 29.2 Å². The molecule has 0 saturated carbocycles. The Bertz CT molecular complexity index is 1370. The molecule has 0 spiro atoms. The zero-order valence-corrected chi connectivity index (χ0v) is 18.1. The molecule has 1 unspecified atom stereocenters. The Morgan fingerprint density at radius 3 is 2.19 bits per heavy atom. The van der Waals surface area contributed by atoms with E-state index >= 15 is 0 Å². The summed E-state index contributed by atoms with van der Waals surface area (Å²) in [6, 6.07) is 31.2. The molecule has 4 heteroatoms. The number of hydrogen-bond donors (Lipinski definition) is 0. The van der Waals surface area contributed by atoms with Gasteiger partial charge < -0.3 is 0 Å². The molecule has 154 valence electrons. The van der Waals surface area contributed by atoms with Crippen molar-refractivity contribution in [2.24, 2.45) is 0 Å². The molecule has 1 heterocycles. The summed E-state index contributed by atoms with van der Waals surface area (Å²) in [5, 5.41) is 2.32. The fourth-order valence-electron chi connectivity index (χ4n) is 4.18. The Labute approximate surface area is 183 Å². The van der Waals surface area contributed by atoms with Crippen molar-refractivity contribution in [1.29, 1.82) is 0 Å². The van der Waals surface area contributed by atoms with Crippen LogP contribution in [0.4, 0.5) is 0 Å². The third-order valence-corrected chi connectivity index (χ3v) is 7.69. The predicted molar refractivity (Wildman–Crippen MR) is 126 cm³/mol. The highest BCUT2D eigenvalue weighted by Gasteiger charge is 2.35. The van der Waals surface area contributed by atoms with E-state index < -0.39 is 10.0 Å². The van der Waals surface area contributed by atoms with Crippen LogP contribution < -0.4 is 0 Å². The van der Waals surface area contributed by atoms with Gasteiger partial charge in [-0.3, -0.25) is 4.31 Å². The number of nitrogens with zero attached hydrogens (tertiary/aromatic N) is 1. The Morgan fingerprint density at radius 1 is 0.774 bits per heavy atom. The van der Waals surface area contributed by atoms with Crippen LogP contribution in [-0.4, -0.2) is 12.7 Å². The number of fused-ring (bicyclic) bond motifs is 1. The molecular weight excluding hydrogens is 402 g/mol. The molecule has 4 aromatic carbocycles. The van der Waals surface area contributed by atoms with E-state index in [1.54, 1.807) is 12.1 Å². The highest BCUT2D eigenvalue weighted by Crippen LogP contribution is 2.42. The van der Waals surface area contributed by atoms with Crippen LogP contribution in [0.3, 0.4) is 0 Å². The van der Waals surface area contributed by atoms with Crippen LogP contribution in [0.15, 0.2) is 108 Å². The molecule has 3 nitrogen and oxygen atoms in total. The van der Waals surface area contributed by atoms with Gasteiger partial charge in [0, 0.05) is 12.6 Å². The van der Waals surface area contributed by atoms with Crippen molar-refractivity contribution < 1.29 is 8.42 Å². The SMILES string of the molecule is Cc1ccc(S(=O)(=O)N2C=C(c3ccc4ccccc4c3)CC2c2ccccc2)cc1. The van der Waals surface area contributed by atoms with Crippen LogP contribution >= 0.6 is 0 Å². The van der Waals surface area contributed by atoms with Gasteiger partial charge in [0.05, 0.1) is 10.9 Å². The Hall–Kier alpha value is -3.37. The van der Waals surface area contributed by atoms with E-state index in [-0.39, 0.29) is 6.04 Å². The summed E-state index contributed by atoms with van der Waals surface area (Å²) < 4.78 is 28.7. The minimum atomic E-state index is -3.68. The fraction of sp³-hybridized carbons (Fsp3) is 0.111. The van der Waals surface area contributed by atoms with E-state index in [9.17, 15) is 8.42 Å². The quantitative estimate of drug-likeness (QED) is 0.383. The molecule has 0 bridgehead atoms. The monoisotopic (exact) mass is 425 g/mol. The molecule has 0 N–H and O–H groups in total. The molecule has 0 radical (unpaired) electrons. The van der Waals surface area contributed by atoms with Crippen molar-refractivity contribution in [2.45, 2.75) is 24.3 Å². The molecular formula is C27H23NO2S. The van der Waals surface area contributed by atoms with Gasteiger partial charge in [0.1, 0.15) is 0 Å². The van der Waals surface area contributed by atoms with Crippen molar-refractivity contribution in [3.63, 3.8) is 0 Å². The van der Waals surface area contributed by atoms with E-state index in [1.807, 2.05) is 67.7 Å². The van der Waals surface area contributed by atoms with Crippen LogP contribution in [0, 0.1) is 6.92 Å². The van der Waals surface area contributed by atoms with Crippen molar-refractivity contribution in [3.05, 3.63) is 120 Å². The number of sulfonamides is 1. The third kappa shape index (κ3) is 3.64. The van der Waals surface area contributed by atoms with Gasteiger partial charge in [-0.25, -0.2) is 8.42 Å². The van der Waals surface area contributed by atoms with Gasteiger partial charge in [-0.15, -0.1) is 0 Å². The topological polar surface area (TPSA) is 37.4 Å². The lowest BCUT2D eigenvalue weighted by atomic mass is 9.96. The minimum Gasteiger partial charge on any atom is -0.265 e. The molecule has 0 amide bonds. The number of benzene rings is 4. The maximum absolute atomic E-state index is 13.6. The molecule has 5 rings (SSSR count). The lowest BCUT2D eigenvalue weighted by molar-refractivity contribution is 0.435. The molecule has 0 fully saturated rings. The van der Waals surface area contributed by atoms with Crippen molar-refractivity contribution >= 4 is 26.4 Å². The minimum absolute atomic E-state index is 0.269. The standard InChI is InChI=1S/C27H23NO2S/c1-20-11-15-26(16-12-20)31(29,30)28-19-25(18-27(28)22-8-3-2-4-9-22)24-14-13-21-7-5-6-10-23(21)17-24/h2-17,19,27H,18H2,1H3. The highest BCUT2D eigenvalue weighted by molar-refractivity contribution is 7.89. The van der Waals surface area contributed by atoms with Gasteiger partial charge in [-0.2, -0.15) is 0 Å². The Balaban J connectivity index is 1.61. The number of rotatable bonds is 4. The van der Waals surface area contributed by atoms with Crippen LogP contribution in [0.25, 0.3) is 16.3 Å². The Kier molecular flexibility index (Phi) is 4.87. The maximum Gasteiger partial charge on any atom is 0.264 e. The summed E-state index contributed by atoms with van der Waals surface area (Å²) in [4.78, 5) is 0.315. The van der Waals surface area contributed by atoms with E-state index in [4.69, 9.17) is 0 Å². The largest absolute Gasteiger partial charge is 0.265 e. The second kappa shape index (κ2) is 7.71.